The van der Waals surface area contributed by atoms with Crippen LogP contribution in [0.25, 0.3) is 0 Å². The molecule has 0 bridgehead atoms. The van der Waals surface area contributed by atoms with Crippen LogP contribution in [0.1, 0.15) is 28.9 Å². The standard InChI is InChI=1S/C14H13FN2O3S/c1-8(9-2-4-10(15)5-3-9)16-14(20)17-12-11(13(18)19)6-7-21-12/h2-8H,1H3,(H,18,19)(H2,16,17,20)/t8-/m0/s1. The second-order valence-corrected chi connectivity index (χ2v) is 5.26. The van der Waals surface area contributed by atoms with Crippen LogP contribution in [0.2, 0.25) is 0 Å². The molecular weight excluding hydrogens is 295 g/mol. The first-order chi connectivity index (χ1) is 9.97. The number of carbonyl (C=O) groups is 2. The van der Waals surface area contributed by atoms with Gasteiger partial charge in [0, 0.05) is 0 Å². The van der Waals surface area contributed by atoms with E-state index in [0.29, 0.717) is 0 Å². The van der Waals surface area contributed by atoms with Crippen molar-refractivity contribution < 1.29 is 19.1 Å². The normalized spacial score (nSPS) is 11.7. The second-order valence-electron chi connectivity index (χ2n) is 4.34. The molecule has 0 aliphatic rings. The van der Waals surface area contributed by atoms with E-state index in [2.05, 4.69) is 10.6 Å². The van der Waals surface area contributed by atoms with Gasteiger partial charge in [0.1, 0.15) is 10.8 Å². The molecule has 0 spiro atoms. The molecule has 7 heteroatoms. The van der Waals surface area contributed by atoms with Crippen LogP contribution in [0.15, 0.2) is 35.7 Å². The number of nitrogens with one attached hydrogen (secondary N) is 2. The van der Waals surface area contributed by atoms with Gasteiger partial charge in [0.15, 0.2) is 0 Å². The molecular formula is C14H13FN2O3S. The van der Waals surface area contributed by atoms with Crippen molar-refractivity contribution in [1.82, 2.24) is 5.32 Å². The van der Waals surface area contributed by atoms with Crippen LogP contribution in [0, 0.1) is 5.82 Å². The van der Waals surface area contributed by atoms with Gasteiger partial charge in [0.25, 0.3) is 0 Å². The number of halogens is 1. The van der Waals surface area contributed by atoms with E-state index in [4.69, 9.17) is 5.11 Å². The average Bonchev–Trinajstić information content (AvgIpc) is 2.87. The van der Waals surface area contributed by atoms with Crippen LogP contribution in [0.5, 0.6) is 0 Å². The summed E-state index contributed by atoms with van der Waals surface area (Å²) in [5.41, 5.74) is 0.792. The molecule has 2 rings (SSSR count). The SMILES string of the molecule is C[C@H](NC(=O)Nc1sccc1C(=O)O)c1ccc(F)cc1. The molecule has 1 aromatic heterocycles. The topological polar surface area (TPSA) is 78.4 Å². The maximum Gasteiger partial charge on any atom is 0.338 e. The Morgan fingerprint density at radius 3 is 2.52 bits per heavy atom. The van der Waals surface area contributed by atoms with Gasteiger partial charge in [-0.2, -0.15) is 0 Å². The first-order valence-corrected chi connectivity index (χ1v) is 6.99. The number of anilines is 1. The molecule has 0 fully saturated rings. The van der Waals surface area contributed by atoms with Gasteiger partial charge in [-0.1, -0.05) is 12.1 Å². The predicted octanol–water partition coefficient (Wildman–Crippen LogP) is 3.47. The number of rotatable bonds is 4. The molecule has 0 aliphatic carbocycles. The smallest absolute Gasteiger partial charge is 0.338 e. The van der Waals surface area contributed by atoms with E-state index < -0.39 is 12.0 Å². The van der Waals surface area contributed by atoms with Gasteiger partial charge < -0.3 is 10.4 Å². The Kier molecular flexibility index (Phi) is 4.54. The summed E-state index contributed by atoms with van der Waals surface area (Å²) in [6.07, 6.45) is 0. The van der Waals surface area contributed by atoms with Crippen LogP contribution >= 0.6 is 11.3 Å². The minimum Gasteiger partial charge on any atom is -0.478 e. The molecule has 21 heavy (non-hydrogen) atoms. The number of carbonyl (C=O) groups excluding carboxylic acids is 1. The number of aromatic carboxylic acids is 1. The van der Waals surface area contributed by atoms with Crippen molar-refractivity contribution in [2.45, 2.75) is 13.0 Å². The monoisotopic (exact) mass is 308 g/mol. The number of thiophene rings is 1. The van der Waals surface area contributed by atoms with E-state index in [-0.39, 0.29) is 22.4 Å². The molecule has 1 atom stereocenters. The summed E-state index contributed by atoms with van der Waals surface area (Å²) >= 11 is 1.13. The van der Waals surface area contributed by atoms with Gasteiger partial charge >= 0.3 is 12.0 Å². The number of hydrogen-bond donors (Lipinski definition) is 3. The Balaban J connectivity index is 1.99. The third kappa shape index (κ3) is 3.79. The van der Waals surface area contributed by atoms with Gasteiger partial charge in [0.05, 0.1) is 11.6 Å². The largest absolute Gasteiger partial charge is 0.478 e. The van der Waals surface area contributed by atoms with Crippen LogP contribution in [0.4, 0.5) is 14.2 Å². The van der Waals surface area contributed by atoms with Crippen molar-refractivity contribution in [2.24, 2.45) is 0 Å². The summed E-state index contributed by atoms with van der Waals surface area (Å²) in [4.78, 5) is 22.8. The first kappa shape index (κ1) is 15.0. The highest BCUT2D eigenvalue weighted by atomic mass is 32.1. The third-order valence-corrected chi connectivity index (χ3v) is 3.67. The Morgan fingerprint density at radius 2 is 1.90 bits per heavy atom. The van der Waals surface area contributed by atoms with E-state index in [9.17, 15) is 14.0 Å². The maximum atomic E-state index is 12.8. The quantitative estimate of drug-likeness (QED) is 0.809. The fourth-order valence-electron chi connectivity index (χ4n) is 1.75. The summed E-state index contributed by atoms with van der Waals surface area (Å²) < 4.78 is 12.8. The summed E-state index contributed by atoms with van der Waals surface area (Å²) in [6, 6.07) is 6.35. The van der Waals surface area contributed by atoms with Crippen LogP contribution in [0.3, 0.4) is 0 Å². The molecule has 1 aromatic carbocycles. The minimum atomic E-state index is -1.10. The molecule has 2 aromatic rings. The van der Waals surface area contributed by atoms with E-state index in [1.165, 1.54) is 18.2 Å². The van der Waals surface area contributed by atoms with Gasteiger partial charge in [-0.25, -0.2) is 14.0 Å². The Labute approximate surface area is 124 Å². The minimum absolute atomic E-state index is 0.0459. The Morgan fingerprint density at radius 1 is 1.24 bits per heavy atom. The zero-order valence-electron chi connectivity index (χ0n) is 11.1. The van der Waals surface area contributed by atoms with Crippen LogP contribution in [-0.2, 0) is 0 Å². The maximum absolute atomic E-state index is 12.8. The van der Waals surface area contributed by atoms with Gasteiger partial charge in [-0.3, -0.25) is 5.32 Å². The molecule has 3 N–H and O–H groups in total. The lowest BCUT2D eigenvalue weighted by Crippen LogP contribution is -2.31. The highest BCUT2D eigenvalue weighted by molar-refractivity contribution is 7.14. The van der Waals surface area contributed by atoms with Gasteiger partial charge in [-0.15, -0.1) is 11.3 Å². The Bertz CT molecular complexity index is 654. The number of carboxylic acid groups (broad SMARTS) is 1. The van der Waals surface area contributed by atoms with E-state index in [1.807, 2.05) is 0 Å². The van der Waals surface area contributed by atoms with Crippen molar-refractivity contribution in [3.8, 4) is 0 Å². The number of amides is 2. The van der Waals surface area contributed by atoms with Gasteiger partial charge in [0.2, 0.25) is 0 Å². The second kappa shape index (κ2) is 6.36. The van der Waals surface area contributed by atoms with E-state index in [1.54, 1.807) is 24.4 Å². The zero-order chi connectivity index (χ0) is 15.4. The lowest BCUT2D eigenvalue weighted by Gasteiger charge is -2.14. The summed E-state index contributed by atoms with van der Waals surface area (Å²) in [5, 5.41) is 16.0. The molecule has 0 unspecified atom stereocenters. The summed E-state index contributed by atoms with van der Waals surface area (Å²) in [7, 11) is 0. The number of carboxylic acids is 1. The summed E-state index contributed by atoms with van der Waals surface area (Å²) in [6.45, 7) is 1.75. The molecule has 5 nitrogen and oxygen atoms in total. The van der Waals surface area contributed by atoms with Crippen molar-refractivity contribution >= 4 is 28.3 Å². The molecule has 110 valence electrons. The van der Waals surface area contributed by atoms with Crippen molar-refractivity contribution in [2.75, 3.05) is 5.32 Å². The molecule has 0 radical (unpaired) electrons. The number of hydrogen-bond acceptors (Lipinski definition) is 3. The highest BCUT2D eigenvalue weighted by Crippen LogP contribution is 2.23. The molecule has 1 heterocycles. The fourth-order valence-corrected chi connectivity index (χ4v) is 2.52. The molecule has 0 aliphatic heterocycles. The predicted molar refractivity (Wildman–Crippen MR) is 78.2 cm³/mol. The number of urea groups is 1. The molecule has 0 saturated carbocycles. The van der Waals surface area contributed by atoms with Crippen LogP contribution in [-0.4, -0.2) is 17.1 Å². The lowest BCUT2D eigenvalue weighted by molar-refractivity contribution is 0.0698. The highest BCUT2D eigenvalue weighted by Gasteiger charge is 2.15. The fraction of sp³-hybridized carbons (Fsp3) is 0.143. The first-order valence-electron chi connectivity index (χ1n) is 6.11. The van der Waals surface area contributed by atoms with Crippen LogP contribution < -0.4 is 10.6 Å². The number of benzene rings is 1. The van der Waals surface area contributed by atoms with Crippen molar-refractivity contribution in [1.29, 1.82) is 0 Å². The average molecular weight is 308 g/mol. The van der Waals surface area contributed by atoms with Gasteiger partial charge in [-0.05, 0) is 36.1 Å². The molecule has 2 amide bonds. The zero-order valence-corrected chi connectivity index (χ0v) is 11.9. The molecule has 0 saturated heterocycles. The van der Waals surface area contributed by atoms with E-state index >= 15 is 0 Å². The van der Waals surface area contributed by atoms with Crippen molar-refractivity contribution in [3.63, 3.8) is 0 Å². The summed E-state index contributed by atoms with van der Waals surface area (Å²) in [5.74, 6) is -1.45. The lowest BCUT2D eigenvalue weighted by atomic mass is 10.1. The van der Waals surface area contributed by atoms with Crippen molar-refractivity contribution in [3.05, 3.63) is 52.7 Å². The third-order valence-electron chi connectivity index (χ3n) is 2.84. The van der Waals surface area contributed by atoms with E-state index in [0.717, 1.165) is 16.9 Å². The Hall–Kier alpha value is -2.41.